The Hall–Kier alpha value is -3.80. The minimum Gasteiger partial charge on any atom is -0.465 e. The molecule has 0 bridgehead atoms. The summed E-state index contributed by atoms with van der Waals surface area (Å²) in [6.07, 6.45) is 0.335. The van der Waals surface area contributed by atoms with Gasteiger partial charge in [0.05, 0.1) is 31.5 Å². The highest BCUT2D eigenvalue weighted by atomic mass is 16.7. The third-order valence-corrected chi connectivity index (χ3v) is 7.97. The number of nitrogens with zero attached hydrogens (tertiary/aromatic N) is 1. The second-order valence-electron chi connectivity index (χ2n) is 11.2. The van der Waals surface area contributed by atoms with Crippen LogP contribution in [0.25, 0.3) is 11.1 Å². The van der Waals surface area contributed by atoms with Crippen LogP contribution >= 0.6 is 0 Å². The van der Waals surface area contributed by atoms with Crippen molar-refractivity contribution in [1.29, 1.82) is 0 Å². The van der Waals surface area contributed by atoms with Gasteiger partial charge in [-0.1, -0.05) is 72.8 Å². The van der Waals surface area contributed by atoms with Gasteiger partial charge in [-0.25, -0.2) is 4.79 Å². The number of amides is 2. The van der Waals surface area contributed by atoms with Crippen LogP contribution in [-0.2, 0) is 32.2 Å². The highest BCUT2D eigenvalue weighted by Crippen LogP contribution is 2.39. The molecule has 0 aliphatic carbocycles. The van der Waals surface area contributed by atoms with Crippen molar-refractivity contribution in [2.45, 2.75) is 57.5 Å². The molecule has 10 nitrogen and oxygen atoms in total. The molecule has 0 saturated carbocycles. The topological polar surface area (TPSA) is 130 Å². The molecule has 234 valence electrons. The van der Waals surface area contributed by atoms with E-state index in [4.69, 9.17) is 14.2 Å². The van der Waals surface area contributed by atoms with Gasteiger partial charge >= 0.3 is 12.0 Å². The number of nitrogens with one attached hydrogen (secondary N) is 2. The summed E-state index contributed by atoms with van der Waals surface area (Å²) >= 11 is 0. The molecule has 2 aliphatic rings. The summed E-state index contributed by atoms with van der Waals surface area (Å²) in [4.78, 5) is 26.0. The Morgan fingerprint density at radius 3 is 2.43 bits per heavy atom. The predicted octanol–water partition coefficient (Wildman–Crippen LogP) is 3.82. The standard InChI is InChI=1S/C34H41N3O7/c1-2-42-32(40)19-36-34(41)35-18-27-5-3-4-6-30(27)24-11-13-26(14-12-24)33-43-29(21-37-16-15-28(39)20-37)17-31(44-33)25-9-7-23(22-38)8-10-25/h3-14,28-29,31,33,38-39H,2,15-22H2,1H3,(H2,35,36,41)/t28-,29+,31-,33-/m0/s1. The van der Waals surface area contributed by atoms with Crippen molar-refractivity contribution < 1.29 is 34.0 Å². The molecule has 2 saturated heterocycles. The molecule has 10 heteroatoms. The predicted molar refractivity (Wildman–Crippen MR) is 164 cm³/mol. The molecule has 2 fully saturated rings. The number of rotatable bonds is 11. The molecule has 2 heterocycles. The number of ether oxygens (including phenoxy) is 3. The molecule has 3 aromatic carbocycles. The van der Waals surface area contributed by atoms with Gasteiger partial charge in [-0.2, -0.15) is 0 Å². The van der Waals surface area contributed by atoms with E-state index in [0.29, 0.717) is 19.5 Å². The molecular formula is C34H41N3O7. The average Bonchev–Trinajstić information content (AvgIpc) is 3.47. The van der Waals surface area contributed by atoms with E-state index in [0.717, 1.165) is 46.3 Å². The first-order valence-electron chi connectivity index (χ1n) is 15.2. The Balaban J connectivity index is 1.28. The molecule has 0 spiro atoms. The van der Waals surface area contributed by atoms with Crippen molar-refractivity contribution in [3.8, 4) is 11.1 Å². The maximum absolute atomic E-state index is 12.2. The first kappa shape index (κ1) is 31.6. The van der Waals surface area contributed by atoms with E-state index in [2.05, 4.69) is 15.5 Å². The molecule has 2 aliphatic heterocycles. The van der Waals surface area contributed by atoms with E-state index in [9.17, 15) is 19.8 Å². The van der Waals surface area contributed by atoms with E-state index < -0.39 is 18.3 Å². The summed E-state index contributed by atoms with van der Waals surface area (Å²) in [5.74, 6) is -0.485. The van der Waals surface area contributed by atoms with Gasteiger partial charge in [0.1, 0.15) is 6.54 Å². The molecule has 3 aromatic rings. The number of aliphatic hydroxyl groups is 2. The zero-order valence-corrected chi connectivity index (χ0v) is 25.0. The fraction of sp³-hybridized carbons (Fsp3) is 0.412. The number of carbonyl (C=O) groups excluding carboxylic acids is 2. The molecule has 2 amide bonds. The summed E-state index contributed by atoms with van der Waals surface area (Å²) in [7, 11) is 0. The number of hydrogen-bond acceptors (Lipinski definition) is 8. The lowest BCUT2D eigenvalue weighted by Gasteiger charge is -2.38. The third kappa shape index (κ3) is 8.43. The van der Waals surface area contributed by atoms with Crippen LogP contribution in [-0.4, -0.2) is 72.1 Å². The lowest BCUT2D eigenvalue weighted by molar-refractivity contribution is -0.252. The Kier molecular flexibility index (Phi) is 11.0. The van der Waals surface area contributed by atoms with Crippen LogP contribution in [0.1, 0.15) is 54.4 Å². The van der Waals surface area contributed by atoms with Gasteiger partial charge in [0.2, 0.25) is 0 Å². The first-order chi connectivity index (χ1) is 21.4. The fourth-order valence-corrected chi connectivity index (χ4v) is 5.68. The summed E-state index contributed by atoms with van der Waals surface area (Å²) in [6, 6.07) is 23.3. The number of aliphatic hydroxyl groups excluding tert-OH is 2. The van der Waals surface area contributed by atoms with Gasteiger partial charge in [-0.05, 0) is 41.2 Å². The molecule has 44 heavy (non-hydrogen) atoms. The van der Waals surface area contributed by atoms with Gasteiger partial charge in [-0.3, -0.25) is 9.69 Å². The highest BCUT2D eigenvalue weighted by molar-refractivity contribution is 5.81. The lowest BCUT2D eigenvalue weighted by atomic mass is 9.97. The van der Waals surface area contributed by atoms with Crippen LogP contribution in [0.4, 0.5) is 4.79 Å². The highest BCUT2D eigenvalue weighted by Gasteiger charge is 2.34. The molecule has 4 N–H and O–H groups in total. The Morgan fingerprint density at radius 1 is 0.977 bits per heavy atom. The smallest absolute Gasteiger partial charge is 0.325 e. The Labute approximate surface area is 257 Å². The molecular weight excluding hydrogens is 562 g/mol. The summed E-state index contributed by atoms with van der Waals surface area (Å²) in [6.45, 7) is 4.27. The number of carbonyl (C=O) groups is 2. The largest absolute Gasteiger partial charge is 0.465 e. The van der Waals surface area contributed by atoms with Gasteiger partial charge in [-0.15, -0.1) is 0 Å². The van der Waals surface area contributed by atoms with Crippen molar-refractivity contribution >= 4 is 12.0 Å². The second-order valence-corrected chi connectivity index (χ2v) is 11.2. The van der Waals surface area contributed by atoms with Gasteiger partial charge in [0, 0.05) is 38.2 Å². The number of likely N-dealkylation sites (tertiary alicyclic amines) is 1. The molecule has 0 radical (unpaired) electrons. The van der Waals surface area contributed by atoms with Crippen molar-refractivity contribution in [2.75, 3.05) is 32.8 Å². The van der Waals surface area contributed by atoms with Crippen LogP contribution in [0, 0.1) is 0 Å². The van der Waals surface area contributed by atoms with Gasteiger partial charge < -0.3 is 35.1 Å². The number of hydrogen-bond donors (Lipinski definition) is 4. The zero-order chi connectivity index (χ0) is 30.9. The Bertz CT molecular complexity index is 1380. The maximum atomic E-state index is 12.2. The van der Waals surface area contributed by atoms with E-state index in [1.165, 1.54) is 0 Å². The number of benzene rings is 3. The summed E-state index contributed by atoms with van der Waals surface area (Å²) < 4.78 is 17.8. The monoisotopic (exact) mass is 603 g/mol. The maximum Gasteiger partial charge on any atom is 0.325 e. The number of β-amino-alcohol motifs (C(OH)–C–C–N with tert-alkyl or cyclic N) is 1. The van der Waals surface area contributed by atoms with Crippen molar-refractivity contribution in [1.82, 2.24) is 15.5 Å². The number of urea groups is 1. The van der Waals surface area contributed by atoms with Crippen LogP contribution < -0.4 is 10.6 Å². The van der Waals surface area contributed by atoms with E-state index >= 15 is 0 Å². The zero-order valence-electron chi connectivity index (χ0n) is 25.0. The Morgan fingerprint density at radius 2 is 1.73 bits per heavy atom. The van der Waals surface area contributed by atoms with Crippen LogP contribution in [0.15, 0.2) is 72.8 Å². The van der Waals surface area contributed by atoms with Crippen LogP contribution in [0.5, 0.6) is 0 Å². The summed E-state index contributed by atoms with van der Waals surface area (Å²) in [5, 5.41) is 24.8. The molecule has 0 unspecified atom stereocenters. The van der Waals surface area contributed by atoms with Gasteiger partial charge in [0.25, 0.3) is 0 Å². The minimum absolute atomic E-state index is 0.00826. The summed E-state index contributed by atoms with van der Waals surface area (Å²) in [5.41, 5.74) is 5.66. The second kappa shape index (κ2) is 15.3. The minimum atomic E-state index is -0.571. The van der Waals surface area contributed by atoms with Crippen molar-refractivity contribution in [3.63, 3.8) is 0 Å². The quantitative estimate of drug-likeness (QED) is 0.244. The van der Waals surface area contributed by atoms with E-state index in [-0.39, 0.29) is 44.6 Å². The first-order valence-corrected chi connectivity index (χ1v) is 15.2. The van der Waals surface area contributed by atoms with Crippen molar-refractivity contribution in [3.05, 3.63) is 95.1 Å². The molecule has 5 rings (SSSR count). The SMILES string of the molecule is CCOC(=O)CNC(=O)NCc1ccccc1-c1ccc([C@H]2O[C@@H](CN3CC[C@H](O)C3)C[C@@H](c3ccc(CO)cc3)O2)cc1. The fourth-order valence-electron chi connectivity index (χ4n) is 5.68. The molecule has 4 atom stereocenters. The number of esters is 1. The van der Waals surface area contributed by atoms with Crippen LogP contribution in [0.3, 0.4) is 0 Å². The average molecular weight is 604 g/mol. The van der Waals surface area contributed by atoms with Crippen LogP contribution in [0.2, 0.25) is 0 Å². The third-order valence-electron chi connectivity index (χ3n) is 7.97. The van der Waals surface area contributed by atoms with E-state index in [1.54, 1.807) is 6.92 Å². The normalized spacial score (nSPS) is 22.0. The lowest BCUT2D eigenvalue weighted by Crippen LogP contribution is -2.38. The molecule has 0 aromatic heterocycles. The van der Waals surface area contributed by atoms with Crippen molar-refractivity contribution in [2.24, 2.45) is 0 Å². The van der Waals surface area contributed by atoms with Gasteiger partial charge in [0.15, 0.2) is 6.29 Å². The van der Waals surface area contributed by atoms with E-state index in [1.807, 2.05) is 72.8 Å².